The summed E-state index contributed by atoms with van der Waals surface area (Å²) in [6, 6.07) is 7.65. The van der Waals surface area contributed by atoms with Crippen molar-refractivity contribution in [3.05, 3.63) is 32.9 Å². The molecule has 4 heteroatoms. The summed E-state index contributed by atoms with van der Waals surface area (Å²) in [7, 11) is 0. The van der Waals surface area contributed by atoms with E-state index in [4.69, 9.17) is 16.9 Å². The van der Waals surface area contributed by atoms with Crippen molar-refractivity contribution >= 4 is 40.0 Å². The van der Waals surface area contributed by atoms with Crippen LogP contribution in [-0.4, -0.2) is 5.78 Å². The van der Waals surface area contributed by atoms with Crippen molar-refractivity contribution in [1.29, 1.82) is 5.26 Å². The molecule has 78 valence electrons. The number of hydrogen-bond acceptors (Lipinski definition) is 2. The van der Waals surface area contributed by atoms with E-state index in [9.17, 15) is 4.79 Å². The molecule has 1 atom stereocenters. The van der Waals surface area contributed by atoms with Crippen molar-refractivity contribution in [2.75, 3.05) is 0 Å². The first-order chi connectivity index (χ1) is 7.07. The summed E-state index contributed by atoms with van der Waals surface area (Å²) in [5.74, 6) is -0.0972. The van der Waals surface area contributed by atoms with Gasteiger partial charge in [-0.15, -0.1) is 11.6 Å². The van der Waals surface area contributed by atoms with Crippen LogP contribution in [0.3, 0.4) is 0 Å². The second kappa shape index (κ2) is 5.47. The van der Waals surface area contributed by atoms with Gasteiger partial charge >= 0.3 is 0 Å². The van der Waals surface area contributed by atoms with Gasteiger partial charge in [-0.05, 0) is 46.7 Å². The number of carbonyl (C=O) groups is 1. The van der Waals surface area contributed by atoms with Gasteiger partial charge in [-0.1, -0.05) is 12.1 Å². The van der Waals surface area contributed by atoms with E-state index >= 15 is 0 Å². The van der Waals surface area contributed by atoms with Gasteiger partial charge in [0.2, 0.25) is 0 Å². The first-order valence-electron chi connectivity index (χ1n) is 4.36. The predicted molar refractivity (Wildman–Crippen MR) is 67.8 cm³/mol. The minimum atomic E-state index is -0.651. The maximum absolute atomic E-state index is 11.2. The van der Waals surface area contributed by atoms with Gasteiger partial charge in [-0.3, -0.25) is 4.79 Å². The Balaban J connectivity index is 3.25. The van der Waals surface area contributed by atoms with E-state index in [1.807, 2.05) is 18.2 Å². The third-order valence-corrected chi connectivity index (χ3v) is 3.49. The van der Waals surface area contributed by atoms with Gasteiger partial charge in [0.05, 0.1) is 12.5 Å². The molecule has 1 aromatic rings. The molecule has 0 saturated heterocycles. The zero-order chi connectivity index (χ0) is 11.4. The fraction of sp³-hybridized carbons (Fsp3) is 0.273. The molecule has 15 heavy (non-hydrogen) atoms. The van der Waals surface area contributed by atoms with Crippen LogP contribution in [0.1, 0.15) is 23.4 Å². The lowest BCUT2D eigenvalue weighted by molar-refractivity contribution is -0.116. The fourth-order valence-corrected chi connectivity index (χ4v) is 2.62. The van der Waals surface area contributed by atoms with Crippen LogP contribution in [0.25, 0.3) is 0 Å². The standard InChI is InChI=1S/C11H9ClINO/c1-7(15)11(12)10-8(5-6-14)3-2-4-9(10)13/h2-4,11H,5H2,1H3. The largest absolute Gasteiger partial charge is 0.298 e. The van der Waals surface area contributed by atoms with E-state index in [2.05, 4.69) is 28.7 Å². The summed E-state index contributed by atoms with van der Waals surface area (Å²) < 4.78 is 0.926. The van der Waals surface area contributed by atoms with Crippen molar-refractivity contribution in [2.45, 2.75) is 18.7 Å². The lowest BCUT2D eigenvalue weighted by atomic mass is 10.0. The van der Waals surface area contributed by atoms with E-state index in [-0.39, 0.29) is 12.2 Å². The molecule has 0 amide bonds. The van der Waals surface area contributed by atoms with Crippen molar-refractivity contribution in [3.63, 3.8) is 0 Å². The lowest BCUT2D eigenvalue weighted by Gasteiger charge is -2.12. The number of nitrogens with zero attached hydrogens (tertiary/aromatic N) is 1. The Bertz CT molecular complexity index is 425. The second-order valence-corrected chi connectivity index (χ2v) is 4.72. The minimum absolute atomic E-state index is 0.0972. The summed E-state index contributed by atoms with van der Waals surface area (Å²) in [5, 5.41) is 8.02. The lowest BCUT2D eigenvalue weighted by Crippen LogP contribution is -2.07. The van der Waals surface area contributed by atoms with Crippen LogP contribution < -0.4 is 0 Å². The van der Waals surface area contributed by atoms with Crippen LogP contribution in [0.5, 0.6) is 0 Å². The molecule has 0 aliphatic heterocycles. The molecule has 0 saturated carbocycles. The fourth-order valence-electron chi connectivity index (χ4n) is 1.31. The molecule has 1 unspecified atom stereocenters. The van der Waals surface area contributed by atoms with E-state index < -0.39 is 5.38 Å². The molecule has 0 aliphatic rings. The van der Waals surface area contributed by atoms with Crippen LogP contribution >= 0.6 is 34.2 Å². The number of alkyl halides is 1. The zero-order valence-electron chi connectivity index (χ0n) is 8.13. The Hall–Kier alpha value is -0.600. The number of hydrogen-bond donors (Lipinski definition) is 0. The van der Waals surface area contributed by atoms with Gasteiger partial charge < -0.3 is 0 Å². The van der Waals surface area contributed by atoms with Crippen molar-refractivity contribution in [3.8, 4) is 6.07 Å². The zero-order valence-corrected chi connectivity index (χ0v) is 11.0. The number of rotatable bonds is 3. The summed E-state index contributed by atoms with van der Waals surface area (Å²) in [6.07, 6.45) is 0.280. The molecule has 1 aromatic carbocycles. The summed E-state index contributed by atoms with van der Waals surface area (Å²) in [6.45, 7) is 1.46. The van der Waals surface area contributed by atoms with E-state index in [0.717, 1.165) is 14.7 Å². The topological polar surface area (TPSA) is 40.9 Å². The first kappa shape index (κ1) is 12.5. The molecule has 0 bridgehead atoms. The molecule has 0 radical (unpaired) electrons. The highest BCUT2D eigenvalue weighted by Crippen LogP contribution is 2.29. The Labute approximate surface area is 107 Å². The number of nitriles is 1. The maximum atomic E-state index is 11.2. The van der Waals surface area contributed by atoms with Gasteiger partial charge in [-0.2, -0.15) is 5.26 Å². The van der Waals surface area contributed by atoms with Crippen LogP contribution in [0.4, 0.5) is 0 Å². The second-order valence-electron chi connectivity index (χ2n) is 3.12. The third kappa shape index (κ3) is 2.93. The first-order valence-corrected chi connectivity index (χ1v) is 5.88. The molecule has 0 fully saturated rings. The van der Waals surface area contributed by atoms with Gasteiger partial charge in [0.1, 0.15) is 5.38 Å². The number of benzene rings is 1. The highest BCUT2D eigenvalue weighted by Gasteiger charge is 2.19. The minimum Gasteiger partial charge on any atom is -0.298 e. The predicted octanol–water partition coefficient (Wildman–Crippen LogP) is 3.23. The molecule has 0 aromatic heterocycles. The highest BCUT2D eigenvalue weighted by atomic mass is 127. The highest BCUT2D eigenvalue weighted by molar-refractivity contribution is 14.1. The van der Waals surface area contributed by atoms with E-state index in [1.165, 1.54) is 6.92 Å². The number of halogens is 2. The molecule has 0 spiro atoms. The quantitative estimate of drug-likeness (QED) is 0.629. The normalized spacial score (nSPS) is 11.9. The SMILES string of the molecule is CC(=O)C(Cl)c1c(I)cccc1CC#N. The maximum Gasteiger partial charge on any atom is 0.152 e. The van der Waals surface area contributed by atoms with Gasteiger partial charge in [0, 0.05) is 3.57 Å². The summed E-state index contributed by atoms with van der Waals surface area (Å²) in [4.78, 5) is 11.2. The van der Waals surface area contributed by atoms with Gasteiger partial charge in [-0.25, -0.2) is 0 Å². The summed E-state index contributed by atoms with van der Waals surface area (Å²) in [5.41, 5.74) is 1.61. The van der Waals surface area contributed by atoms with E-state index in [1.54, 1.807) is 0 Å². The van der Waals surface area contributed by atoms with Crippen LogP contribution in [0.2, 0.25) is 0 Å². The molecule has 1 rings (SSSR count). The van der Waals surface area contributed by atoms with Crippen LogP contribution in [-0.2, 0) is 11.2 Å². The van der Waals surface area contributed by atoms with Crippen LogP contribution in [0, 0.1) is 14.9 Å². The molecular weight excluding hydrogens is 324 g/mol. The molecule has 0 aliphatic carbocycles. The van der Waals surface area contributed by atoms with Crippen molar-refractivity contribution < 1.29 is 4.79 Å². The average molecular weight is 334 g/mol. The number of carbonyl (C=O) groups excluding carboxylic acids is 1. The third-order valence-electron chi connectivity index (χ3n) is 2.02. The smallest absolute Gasteiger partial charge is 0.152 e. The Morgan fingerprint density at radius 3 is 2.87 bits per heavy atom. The monoisotopic (exact) mass is 333 g/mol. The molecular formula is C11H9ClINO. The number of ketones is 1. The molecule has 0 N–H and O–H groups in total. The molecule has 0 heterocycles. The number of Topliss-reactive ketones (excluding diaryl/α,β-unsaturated/α-hetero) is 1. The Kier molecular flexibility index (Phi) is 4.55. The van der Waals surface area contributed by atoms with Crippen molar-refractivity contribution in [1.82, 2.24) is 0 Å². The van der Waals surface area contributed by atoms with Crippen molar-refractivity contribution in [2.24, 2.45) is 0 Å². The van der Waals surface area contributed by atoms with Gasteiger partial charge in [0.15, 0.2) is 5.78 Å². The Morgan fingerprint density at radius 1 is 1.67 bits per heavy atom. The Morgan fingerprint density at radius 2 is 2.33 bits per heavy atom. The van der Waals surface area contributed by atoms with Gasteiger partial charge in [0.25, 0.3) is 0 Å². The summed E-state index contributed by atoms with van der Waals surface area (Å²) >= 11 is 8.15. The van der Waals surface area contributed by atoms with E-state index in [0.29, 0.717) is 0 Å². The van der Waals surface area contributed by atoms with Crippen LogP contribution in [0.15, 0.2) is 18.2 Å². The molecule has 2 nitrogen and oxygen atoms in total. The average Bonchev–Trinajstić information content (AvgIpc) is 2.17.